The first kappa shape index (κ1) is 18.9. The van der Waals surface area contributed by atoms with Crippen molar-refractivity contribution >= 4 is 11.3 Å². The Balaban J connectivity index is 1.45. The first-order chi connectivity index (χ1) is 14.0. The van der Waals surface area contributed by atoms with E-state index in [1.807, 2.05) is 30.3 Å². The van der Waals surface area contributed by atoms with Crippen molar-refractivity contribution < 1.29 is 29.2 Å². The minimum Gasteiger partial charge on any atom is -0.463 e. The molecule has 0 unspecified atom stereocenters. The molecule has 1 aromatic carbocycles. The number of fused-ring (bicyclic) bond motifs is 2. The van der Waals surface area contributed by atoms with Gasteiger partial charge in [-0.2, -0.15) is 0 Å². The largest absolute Gasteiger partial charge is 0.463 e. The summed E-state index contributed by atoms with van der Waals surface area (Å²) in [5.74, 6) is -0.693. The van der Waals surface area contributed by atoms with Crippen LogP contribution in [0, 0.1) is 0 Å². The van der Waals surface area contributed by atoms with Crippen LogP contribution in [0.5, 0.6) is 0 Å². The van der Waals surface area contributed by atoms with Gasteiger partial charge in [0.15, 0.2) is 0 Å². The van der Waals surface area contributed by atoms with Gasteiger partial charge in [0.05, 0.1) is 28.9 Å². The molecule has 7 nitrogen and oxygen atoms in total. The summed E-state index contributed by atoms with van der Waals surface area (Å²) in [5, 5.41) is 31.9. The van der Waals surface area contributed by atoms with Crippen molar-refractivity contribution in [3.05, 3.63) is 64.5 Å². The fourth-order valence-corrected chi connectivity index (χ4v) is 4.91. The van der Waals surface area contributed by atoms with Gasteiger partial charge >= 0.3 is 0 Å². The Morgan fingerprint density at radius 2 is 2.07 bits per heavy atom. The summed E-state index contributed by atoms with van der Waals surface area (Å²) in [4.78, 5) is 5.45. The van der Waals surface area contributed by atoms with E-state index < -0.39 is 30.2 Å². The van der Waals surface area contributed by atoms with Crippen molar-refractivity contribution in [2.75, 3.05) is 0 Å². The van der Waals surface area contributed by atoms with Crippen LogP contribution in [-0.2, 0) is 28.3 Å². The number of thiazole rings is 1. The summed E-state index contributed by atoms with van der Waals surface area (Å²) in [7, 11) is 0. The predicted molar refractivity (Wildman–Crippen MR) is 104 cm³/mol. The Morgan fingerprint density at radius 3 is 2.86 bits per heavy atom. The number of hydrogen-bond donors (Lipinski definition) is 3. The van der Waals surface area contributed by atoms with E-state index in [0.29, 0.717) is 12.0 Å². The van der Waals surface area contributed by atoms with Gasteiger partial charge in [0.1, 0.15) is 24.1 Å². The van der Waals surface area contributed by atoms with Gasteiger partial charge in [-0.3, -0.25) is 0 Å². The smallest absolute Gasteiger partial charge is 0.225 e. The molecule has 2 aliphatic heterocycles. The molecule has 5 rings (SSSR count). The highest BCUT2D eigenvalue weighted by atomic mass is 32.1. The molecule has 29 heavy (non-hydrogen) atoms. The molecule has 5 atom stereocenters. The van der Waals surface area contributed by atoms with Gasteiger partial charge in [-0.1, -0.05) is 12.1 Å². The second kappa shape index (κ2) is 7.02. The zero-order chi connectivity index (χ0) is 20.2. The Labute approximate surface area is 171 Å². The summed E-state index contributed by atoms with van der Waals surface area (Å²) in [6.45, 7) is 1.92. The van der Waals surface area contributed by atoms with Gasteiger partial charge < -0.3 is 29.2 Å². The Kier molecular flexibility index (Phi) is 4.58. The third-order valence-corrected chi connectivity index (χ3v) is 6.58. The van der Waals surface area contributed by atoms with E-state index in [9.17, 15) is 15.3 Å². The van der Waals surface area contributed by atoms with Crippen molar-refractivity contribution in [1.82, 2.24) is 4.98 Å². The maximum absolute atomic E-state index is 10.7. The van der Waals surface area contributed by atoms with Crippen molar-refractivity contribution in [2.24, 2.45) is 0 Å². The molecule has 0 aliphatic carbocycles. The standard InChI is InChI=1S/C21H21NO6S/c1-11-18(23)19(24)20(25)21(28-11)14-7-12(4-5-13(14)10-27-21)8-17-22-9-16(29-17)15-3-2-6-26-15/h2-7,9,11,18-20,23-25H,8,10H2,1H3/t11-,18-,19+,20-,21+/m1/s1. The molecule has 0 bridgehead atoms. The fourth-order valence-electron chi connectivity index (χ4n) is 3.99. The van der Waals surface area contributed by atoms with Crippen molar-refractivity contribution in [2.45, 2.75) is 50.2 Å². The van der Waals surface area contributed by atoms with E-state index >= 15 is 0 Å². The van der Waals surface area contributed by atoms with E-state index in [0.717, 1.165) is 26.8 Å². The maximum Gasteiger partial charge on any atom is 0.225 e. The van der Waals surface area contributed by atoms with Gasteiger partial charge in [0.2, 0.25) is 5.79 Å². The van der Waals surface area contributed by atoms with Gasteiger partial charge in [-0.25, -0.2) is 4.98 Å². The maximum atomic E-state index is 10.7. The van der Waals surface area contributed by atoms with Gasteiger partial charge in [-0.05, 0) is 36.2 Å². The molecule has 0 amide bonds. The van der Waals surface area contributed by atoms with Gasteiger partial charge in [0, 0.05) is 18.2 Å². The molecule has 152 valence electrons. The van der Waals surface area contributed by atoms with Crippen LogP contribution in [0.1, 0.15) is 28.6 Å². The Bertz CT molecular complexity index is 1020. The first-order valence-electron chi connectivity index (χ1n) is 9.45. The zero-order valence-electron chi connectivity index (χ0n) is 15.7. The Hall–Kier alpha value is -2.07. The lowest BCUT2D eigenvalue weighted by molar-refractivity contribution is -0.362. The number of aliphatic hydroxyl groups excluding tert-OH is 3. The van der Waals surface area contributed by atoms with Crippen LogP contribution in [0.4, 0.5) is 0 Å². The van der Waals surface area contributed by atoms with Crippen LogP contribution in [0.15, 0.2) is 47.2 Å². The topological polar surface area (TPSA) is 105 Å². The lowest BCUT2D eigenvalue weighted by atomic mass is 9.87. The van der Waals surface area contributed by atoms with Crippen LogP contribution in [0.25, 0.3) is 10.6 Å². The summed E-state index contributed by atoms with van der Waals surface area (Å²) in [6.07, 6.45) is -0.579. The lowest BCUT2D eigenvalue weighted by Crippen LogP contribution is -2.62. The molecule has 4 heterocycles. The van der Waals surface area contributed by atoms with Crippen LogP contribution in [0.3, 0.4) is 0 Å². The number of aromatic nitrogens is 1. The fraction of sp³-hybridized carbons (Fsp3) is 0.381. The molecule has 3 aromatic rings. The molecular weight excluding hydrogens is 394 g/mol. The monoisotopic (exact) mass is 415 g/mol. The first-order valence-corrected chi connectivity index (χ1v) is 10.3. The number of benzene rings is 1. The summed E-state index contributed by atoms with van der Waals surface area (Å²) < 4.78 is 17.2. The minimum atomic E-state index is -1.48. The predicted octanol–water partition coefficient (Wildman–Crippen LogP) is 2.18. The van der Waals surface area contributed by atoms with E-state index in [1.54, 1.807) is 30.7 Å². The number of aliphatic hydroxyl groups is 3. The SMILES string of the molecule is C[C@H]1O[C@]2(OCc3ccc(Cc4ncc(-c5ccco5)s4)cc32)[C@H](O)[C@@H](O)[C@@H]1O. The Morgan fingerprint density at radius 1 is 1.21 bits per heavy atom. The third kappa shape index (κ3) is 3.04. The van der Waals surface area contributed by atoms with E-state index in [4.69, 9.17) is 13.9 Å². The summed E-state index contributed by atoms with van der Waals surface area (Å²) >= 11 is 1.56. The summed E-state index contributed by atoms with van der Waals surface area (Å²) in [6, 6.07) is 9.61. The van der Waals surface area contributed by atoms with Crippen LogP contribution in [0.2, 0.25) is 0 Å². The average Bonchev–Trinajstić information content (AvgIpc) is 3.46. The molecule has 0 saturated carbocycles. The molecule has 1 fully saturated rings. The van der Waals surface area contributed by atoms with Crippen LogP contribution in [-0.4, -0.2) is 44.7 Å². The lowest BCUT2D eigenvalue weighted by Gasteiger charge is -2.45. The van der Waals surface area contributed by atoms with Crippen molar-refractivity contribution in [3.63, 3.8) is 0 Å². The van der Waals surface area contributed by atoms with Crippen LogP contribution < -0.4 is 0 Å². The van der Waals surface area contributed by atoms with E-state index in [1.165, 1.54) is 0 Å². The normalized spacial score (nSPS) is 31.3. The molecule has 0 radical (unpaired) electrons. The zero-order valence-corrected chi connectivity index (χ0v) is 16.5. The second-order valence-electron chi connectivity index (χ2n) is 7.47. The number of furan rings is 1. The molecule has 2 aromatic heterocycles. The van der Waals surface area contributed by atoms with Crippen molar-refractivity contribution in [1.29, 1.82) is 0 Å². The average molecular weight is 415 g/mol. The quantitative estimate of drug-likeness (QED) is 0.602. The molecule has 8 heteroatoms. The second-order valence-corrected chi connectivity index (χ2v) is 8.58. The van der Waals surface area contributed by atoms with E-state index in [-0.39, 0.29) is 6.61 Å². The van der Waals surface area contributed by atoms with Gasteiger partial charge in [-0.15, -0.1) is 11.3 Å². The molecule has 1 saturated heterocycles. The van der Waals surface area contributed by atoms with Crippen LogP contribution >= 0.6 is 11.3 Å². The summed E-state index contributed by atoms with van der Waals surface area (Å²) in [5.41, 5.74) is 2.56. The number of rotatable bonds is 3. The molecular formula is C21H21NO6S. The highest BCUT2D eigenvalue weighted by Gasteiger charge is 2.57. The van der Waals surface area contributed by atoms with Gasteiger partial charge in [0.25, 0.3) is 0 Å². The third-order valence-electron chi connectivity index (χ3n) is 5.57. The molecule has 1 spiro atoms. The molecule has 3 N–H and O–H groups in total. The molecule has 2 aliphatic rings. The van der Waals surface area contributed by atoms with E-state index in [2.05, 4.69) is 4.98 Å². The number of hydrogen-bond acceptors (Lipinski definition) is 8. The number of ether oxygens (including phenoxy) is 2. The number of nitrogens with zero attached hydrogens (tertiary/aromatic N) is 1. The van der Waals surface area contributed by atoms with Crippen molar-refractivity contribution in [3.8, 4) is 10.6 Å². The highest BCUT2D eigenvalue weighted by Crippen LogP contribution is 2.46. The highest BCUT2D eigenvalue weighted by molar-refractivity contribution is 7.15. The minimum absolute atomic E-state index is 0.266.